The van der Waals surface area contributed by atoms with E-state index >= 15 is 0 Å². The fourth-order valence-electron chi connectivity index (χ4n) is 2.86. The molecule has 32 heavy (non-hydrogen) atoms. The average Bonchev–Trinajstić information content (AvgIpc) is 3.51. The van der Waals surface area contributed by atoms with Crippen LogP contribution in [0.3, 0.4) is 0 Å². The zero-order valence-corrected chi connectivity index (χ0v) is 17.9. The van der Waals surface area contributed by atoms with E-state index in [0.717, 1.165) is 48.8 Å². The number of carbonyl (C=O) groups excluding carboxylic acids is 1. The van der Waals surface area contributed by atoms with Gasteiger partial charge >= 0.3 is 0 Å². The first-order valence-corrected chi connectivity index (χ1v) is 11.5. The van der Waals surface area contributed by atoms with Crippen LogP contribution in [0.2, 0.25) is 0 Å². The molecule has 0 unspecified atom stereocenters. The van der Waals surface area contributed by atoms with E-state index in [2.05, 4.69) is 10.3 Å². The number of ether oxygens (including phenoxy) is 1. The van der Waals surface area contributed by atoms with Crippen LogP contribution < -0.4 is 10.1 Å². The zero-order valence-electron chi connectivity index (χ0n) is 17.1. The number of pyridine rings is 1. The molecule has 6 nitrogen and oxygen atoms in total. The standard InChI is InChI=1S/C21H20F4N2O4S/c1-21(24,25)14-6-8-18(27-20(14)31-13-5-7-15(22)16(23)11-13)19(28)26-17(12-3-4-12)9-10-32(2,29)30/h5-12,17H,3-4H2,1-2H3,(H,26,28)/b10-9+/t17-/m1/s1. The van der Waals surface area contributed by atoms with Crippen molar-refractivity contribution in [2.24, 2.45) is 5.92 Å². The van der Waals surface area contributed by atoms with Crippen LogP contribution in [0.5, 0.6) is 11.6 Å². The van der Waals surface area contributed by atoms with Crippen LogP contribution in [0.25, 0.3) is 0 Å². The van der Waals surface area contributed by atoms with E-state index in [1.54, 1.807) is 0 Å². The first-order valence-electron chi connectivity index (χ1n) is 9.55. The summed E-state index contributed by atoms with van der Waals surface area (Å²) in [6.45, 7) is 0.598. The molecule has 1 aromatic carbocycles. The van der Waals surface area contributed by atoms with E-state index in [4.69, 9.17) is 4.74 Å². The van der Waals surface area contributed by atoms with Gasteiger partial charge in [0.1, 0.15) is 11.4 Å². The van der Waals surface area contributed by atoms with Crippen LogP contribution in [-0.2, 0) is 15.8 Å². The summed E-state index contributed by atoms with van der Waals surface area (Å²) in [5.41, 5.74) is -0.927. The average molecular weight is 472 g/mol. The highest BCUT2D eigenvalue weighted by atomic mass is 32.2. The number of sulfone groups is 1. The summed E-state index contributed by atoms with van der Waals surface area (Å²) in [5.74, 6) is -7.41. The number of rotatable bonds is 8. The SMILES string of the molecule is CC(F)(F)c1ccc(C(=O)N[C@H](/C=C/S(C)(=O)=O)C2CC2)nc1Oc1ccc(F)c(F)c1. The molecule has 11 heteroatoms. The molecule has 2 aromatic rings. The van der Waals surface area contributed by atoms with Crippen molar-refractivity contribution in [3.8, 4) is 11.6 Å². The van der Waals surface area contributed by atoms with Crippen molar-refractivity contribution in [2.45, 2.75) is 31.7 Å². The van der Waals surface area contributed by atoms with Gasteiger partial charge in [-0.05, 0) is 43.0 Å². The molecule has 0 radical (unpaired) electrons. The maximum Gasteiger partial charge on any atom is 0.275 e. The van der Waals surface area contributed by atoms with Gasteiger partial charge in [0.05, 0.1) is 11.6 Å². The van der Waals surface area contributed by atoms with Crippen molar-refractivity contribution >= 4 is 15.7 Å². The number of aromatic nitrogens is 1. The molecule has 1 saturated carbocycles. The third kappa shape index (κ3) is 6.28. The Morgan fingerprint density at radius 2 is 1.91 bits per heavy atom. The number of nitrogens with zero attached hydrogens (tertiary/aromatic N) is 1. The van der Waals surface area contributed by atoms with Gasteiger partial charge in [0, 0.05) is 24.7 Å². The lowest BCUT2D eigenvalue weighted by Gasteiger charge is -2.18. The number of benzene rings is 1. The predicted octanol–water partition coefficient (Wildman–Crippen LogP) is 4.33. The lowest BCUT2D eigenvalue weighted by molar-refractivity contribution is 0.0149. The molecule has 172 valence electrons. The predicted molar refractivity (Wildman–Crippen MR) is 108 cm³/mol. The van der Waals surface area contributed by atoms with Gasteiger partial charge in [0.25, 0.3) is 11.8 Å². The molecular formula is C21H20F4N2O4S. The summed E-state index contributed by atoms with van der Waals surface area (Å²) in [6, 6.07) is 3.91. The minimum atomic E-state index is -3.40. The van der Waals surface area contributed by atoms with Crippen molar-refractivity contribution < 1.29 is 35.5 Å². The van der Waals surface area contributed by atoms with Crippen LogP contribution in [0.4, 0.5) is 17.6 Å². The molecular weight excluding hydrogens is 452 g/mol. The third-order valence-corrected chi connectivity index (χ3v) is 5.28. The summed E-state index contributed by atoms with van der Waals surface area (Å²) < 4.78 is 82.6. The number of alkyl halides is 2. The second-order valence-electron chi connectivity index (χ2n) is 7.61. The summed E-state index contributed by atoms with van der Waals surface area (Å²) in [6.07, 6.45) is 3.95. The normalized spacial score (nSPS) is 15.6. The Morgan fingerprint density at radius 3 is 2.47 bits per heavy atom. The van der Waals surface area contributed by atoms with Crippen molar-refractivity contribution in [2.75, 3.05) is 6.26 Å². The molecule has 1 aromatic heterocycles. The van der Waals surface area contributed by atoms with Crippen LogP contribution in [-0.4, -0.2) is 31.6 Å². The number of halogens is 4. The van der Waals surface area contributed by atoms with Gasteiger partial charge in [-0.1, -0.05) is 6.08 Å². The summed E-state index contributed by atoms with van der Waals surface area (Å²) >= 11 is 0. The molecule has 1 N–H and O–H groups in total. The molecule has 0 saturated heterocycles. The van der Waals surface area contributed by atoms with Crippen molar-refractivity contribution in [3.05, 3.63) is 64.7 Å². The van der Waals surface area contributed by atoms with E-state index < -0.39 is 50.8 Å². The molecule has 0 bridgehead atoms. The van der Waals surface area contributed by atoms with E-state index in [1.165, 1.54) is 6.08 Å². The van der Waals surface area contributed by atoms with E-state index in [9.17, 15) is 30.8 Å². The topological polar surface area (TPSA) is 85.4 Å². The quantitative estimate of drug-likeness (QED) is 0.578. The maximum atomic E-state index is 14.0. The van der Waals surface area contributed by atoms with Crippen LogP contribution in [0.15, 0.2) is 41.8 Å². The lowest BCUT2D eigenvalue weighted by Crippen LogP contribution is -2.35. The fraction of sp³-hybridized carbons (Fsp3) is 0.333. The minimum absolute atomic E-state index is 0.0501. The summed E-state index contributed by atoms with van der Waals surface area (Å²) in [7, 11) is -3.40. The Hall–Kier alpha value is -2.95. The largest absolute Gasteiger partial charge is 0.438 e. The van der Waals surface area contributed by atoms with Crippen molar-refractivity contribution in [1.29, 1.82) is 0 Å². The number of hydrogen-bond donors (Lipinski definition) is 1. The van der Waals surface area contributed by atoms with Gasteiger partial charge in [-0.25, -0.2) is 31.0 Å². The Labute approximate surface area is 182 Å². The first kappa shape index (κ1) is 23.7. The van der Waals surface area contributed by atoms with Gasteiger partial charge in [-0.2, -0.15) is 0 Å². The number of nitrogens with one attached hydrogen (secondary N) is 1. The molecule has 0 spiro atoms. The minimum Gasteiger partial charge on any atom is -0.438 e. The second kappa shape index (κ2) is 8.89. The molecule has 1 heterocycles. The Morgan fingerprint density at radius 1 is 1.22 bits per heavy atom. The fourth-order valence-corrected chi connectivity index (χ4v) is 3.32. The van der Waals surface area contributed by atoms with Crippen LogP contribution in [0, 0.1) is 17.6 Å². The molecule has 1 amide bonds. The monoisotopic (exact) mass is 472 g/mol. The van der Waals surface area contributed by atoms with E-state index in [0.29, 0.717) is 13.0 Å². The highest BCUT2D eigenvalue weighted by Crippen LogP contribution is 2.36. The van der Waals surface area contributed by atoms with Gasteiger partial charge in [-0.3, -0.25) is 4.79 Å². The highest BCUT2D eigenvalue weighted by Gasteiger charge is 2.33. The summed E-state index contributed by atoms with van der Waals surface area (Å²) in [5, 5.41) is 3.62. The Balaban J connectivity index is 1.89. The summed E-state index contributed by atoms with van der Waals surface area (Å²) in [4.78, 5) is 16.5. The van der Waals surface area contributed by atoms with Gasteiger partial charge in [0.2, 0.25) is 5.88 Å². The number of carbonyl (C=O) groups is 1. The Kier molecular flexibility index (Phi) is 6.59. The highest BCUT2D eigenvalue weighted by molar-refractivity contribution is 7.93. The first-order chi connectivity index (χ1) is 14.8. The molecule has 1 aliphatic carbocycles. The van der Waals surface area contributed by atoms with Crippen molar-refractivity contribution in [3.63, 3.8) is 0 Å². The molecule has 3 rings (SSSR count). The van der Waals surface area contributed by atoms with Gasteiger partial charge < -0.3 is 10.1 Å². The lowest BCUT2D eigenvalue weighted by atomic mass is 10.1. The molecule has 1 fully saturated rings. The molecule has 1 atom stereocenters. The van der Waals surface area contributed by atoms with E-state index in [1.807, 2.05) is 0 Å². The zero-order chi connectivity index (χ0) is 23.7. The number of hydrogen-bond acceptors (Lipinski definition) is 5. The Bertz CT molecular complexity index is 1160. The number of amides is 1. The smallest absolute Gasteiger partial charge is 0.275 e. The van der Waals surface area contributed by atoms with Gasteiger partial charge in [-0.15, -0.1) is 0 Å². The van der Waals surface area contributed by atoms with E-state index in [-0.39, 0.29) is 17.4 Å². The van der Waals surface area contributed by atoms with Crippen molar-refractivity contribution in [1.82, 2.24) is 10.3 Å². The molecule has 0 aliphatic heterocycles. The second-order valence-corrected chi connectivity index (χ2v) is 9.54. The van der Waals surface area contributed by atoms with Crippen LogP contribution >= 0.6 is 0 Å². The maximum absolute atomic E-state index is 14.0. The third-order valence-electron chi connectivity index (χ3n) is 4.63. The molecule has 1 aliphatic rings. The van der Waals surface area contributed by atoms with Crippen LogP contribution in [0.1, 0.15) is 35.8 Å². The van der Waals surface area contributed by atoms with Gasteiger partial charge in [0.15, 0.2) is 21.5 Å².